The van der Waals surface area contributed by atoms with Crippen LogP contribution in [-0.2, 0) is 6.42 Å². The highest BCUT2D eigenvalue weighted by Crippen LogP contribution is 2.14. The number of hydrogen-bond acceptors (Lipinski definition) is 0. The molecule has 0 saturated heterocycles. The van der Waals surface area contributed by atoms with E-state index in [1.807, 2.05) is 0 Å². The minimum Gasteiger partial charge on any atom is -0.0760 e. The lowest BCUT2D eigenvalue weighted by Crippen LogP contribution is -1.96. The summed E-state index contributed by atoms with van der Waals surface area (Å²) in [6, 6.07) is 8.57. The first kappa shape index (κ1) is 12.0. The lowest BCUT2D eigenvalue weighted by molar-refractivity contribution is 0.646. The Morgan fingerprint density at radius 3 is 2.67 bits per heavy atom. The molecule has 0 aromatic heterocycles. The van der Waals surface area contributed by atoms with Gasteiger partial charge in [0.05, 0.1) is 0 Å². The van der Waals surface area contributed by atoms with Crippen LogP contribution in [0.1, 0.15) is 44.7 Å². The minimum atomic E-state index is 0.708. The van der Waals surface area contributed by atoms with Crippen molar-refractivity contribution in [2.75, 3.05) is 0 Å². The van der Waals surface area contributed by atoms with Crippen LogP contribution >= 0.6 is 0 Å². The summed E-state index contributed by atoms with van der Waals surface area (Å²) < 4.78 is 0. The van der Waals surface area contributed by atoms with E-state index < -0.39 is 0 Å². The smallest absolute Gasteiger partial charge is 0.0146 e. The van der Waals surface area contributed by atoms with Gasteiger partial charge in [-0.15, -0.1) is 0 Å². The lowest BCUT2D eigenvalue weighted by atomic mass is 9.97. The van der Waals surface area contributed by atoms with E-state index in [0.717, 1.165) is 12.8 Å². The van der Waals surface area contributed by atoms with Gasteiger partial charge < -0.3 is 0 Å². The van der Waals surface area contributed by atoms with Crippen LogP contribution in [0.5, 0.6) is 0 Å². The second-order valence-corrected chi connectivity index (χ2v) is 4.39. The fourth-order valence-electron chi connectivity index (χ4n) is 1.61. The molecule has 0 unspecified atom stereocenters. The van der Waals surface area contributed by atoms with E-state index in [1.54, 1.807) is 0 Å². The molecule has 1 radical (unpaired) electrons. The average molecular weight is 201 g/mol. The van der Waals surface area contributed by atoms with Crippen LogP contribution in [0.4, 0.5) is 0 Å². The summed E-state index contributed by atoms with van der Waals surface area (Å²) in [6.45, 7) is 6.71. The van der Waals surface area contributed by atoms with Crippen molar-refractivity contribution < 1.29 is 0 Å². The molecule has 0 spiro atoms. The molecule has 0 atom stereocenters. The third-order valence-corrected chi connectivity index (χ3v) is 2.34. The van der Waals surface area contributed by atoms with Crippen LogP contribution in [0.3, 0.4) is 0 Å². The lowest BCUT2D eigenvalue weighted by Gasteiger charge is -2.07. The van der Waals surface area contributed by atoms with E-state index >= 15 is 0 Å². The molecule has 0 amide bonds. The Labute approximate surface area is 94.0 Å². The average Bonchev–Trinajstić information content (AvgIpc) is 2.20. The molecule has 0 saturated carbocycles. The highest BCUT2D eigenvalue weighted by molar-refractivity contribution is 5.32. The molecule has 0 aliphatic rings. The van der Waals surface area contributed by atoms with Crippen LogP contribution in [0.2, 0.25) is 0 Å². The first-order chi connectivity index (χ1) is 7.24. The summed E-state index contributed by atoms with van der Waals surface area (Å²) in [4.78, 5) is 0. The molecular formula is C15H21. The number of rotatable bonds is 5. The van der Waals surface area contributed by atoms with Gasteiger partial charge in [-0.1, -0.05) is 57.5 Å². The van der Waals surface area contributed by atoms with E-state index in [-0.39, 0.29) is 0 Å². The van der Waals surface area contributed by atoms with Gasteiger partial charge in [-0.25, -0.2) is 0 Å². The molecule has 1 aromatic rings. The van der Waals surface area contributed by atoms with E-state index in [2.05, 4.69) is 57.2 Å². The summed E-state index contributed by atoms with van der Waals surface area (Å²) in [5, 5.41) is 0. The molecule has 0 nitrogen and oxygen atoms in total. The minimum absolute atomic E-state index is 0.708. The molecule has 1 aromatic carbocycles. The van der Waals surface area contributed by atoms with Gasteiger partial charge in [0.25, 0.3) is 0 Å². The van der Waals surface area contributed by atoms with Crippen molar-refractivity contribution in [3.63, 3.8) is 0 Å². The fourth-order valence-corrected chi connectivity index (χ4v) is 1.61. The number of hydrogen-bond donors (Lipinski definition) is 0. The van der Waals surface area contributed by atoms with Gasteiger partial charge in [-0.05, 0) is 36.0 Å². The SMILES string of the molecule is CCC/C=[C]\c1ccccc1CC(C)C. The van der Waals surface area contributed by atoms with Crippen molar-refractivity contribution in [3.05, 3.63) is 47.5 Å². The van der Waals surface area contributed by atoms with Crippen molar-refractivity contribution in [1.29, 1.82) is 0 Å². The van der Waals surface area contributed by atoms with E-state index in [0.29, 0.717) is 5.92 Å². The zero-order chi connectivity index (χ0) is 11.1. The van der Waals surface area contributed by atoms with Gasteiger partial charge in [-0.2, -0.15) is 0 Å². The third-order valence-electron chi connectivity index (χ3n) is 2.34. The highest BCUT2D eigenvalue weighted by atomic mass is 14.1. The topological polar surface area (TPSA) is 0 Å². The van der Waals surface area contributed by atoms with Crippen molar-refractivity contribution in [2.45, 2.75) is 40.0 Å². The summed E-state index contributed by atoms with van der Waals surface area (Å²) in [7, 11) is 0. The van der Waals surface area contributed by atoms with Crippen molar-refractivity contribution in [1.82, 2.24) is 0 Å². The Kier molecular flexibility index (Phi) is 5.17. The maximum Gasteiger partial charge on any atom is -0.0146 e. The second-order valence-electron chi connectivity index (χ2n) is 4.39. The quantitative estimate of drug-likeness (QED) is 0.662. The molecule has 15 heavy (non-hydrogen) atoms. The summed E-state index contributed by atoms with van der Waals surface area (Å²) >= 11 is 0. The van der Waals surface area contributed by atoms with Crippen LogP contribution in [0.15, 0.2) is 30.3 Å². The standard InChI is InChI=1S/C15H21/c1-4-5-6-9-14-10-7-8-11-15(14)12-13(2)3/h6-8,10-11,13H,4-5,12H2,1-3H3. The zero-order valence-corrected chi connectivity index (χ0v) is 10.1. The first-order valence-electron chi connectivity index (χ1n) is 5.90. The van der Waals surface area contributed by atoms with Crippen LogP contribution in [0.25, 0.3) is 0 Å². The Bertz CT molecular complexity index is 308. The van der Waals surface area contributed by atoms with Gasteiger partial charge in [0.15, 0.2) is 0 Å². The van der Waals surface area contributed by atoms with Crippen molar-refractivity contribution in [2.24, 2.45) is 5.92 Å². The van der Waals surface area contributed by atoms with Crippen LogP contribution in [0, 0.1) is 12.0 Å². The van der Waals surface area contributed by atoms with E-state index in [9.17, 15) is 0 Å². The fraction of sp³-hybridized carbons (Fsp3) is 0.467. The molecule has 0 bridgehead atoms. The van der Waals surface area contributed by atoms with Crippen molar-refractivity contribution >= 4 is 0 Å². The molecular weight excluding hydrogens is 180 g/mol. The second kappa shape index (κ2) is 6.44. The Hall–Kier alpha value is -1.04. The Balaban J connectivity index is 2.76. The zero-order valence-electron chi connectivity index (χ0n) is 10.1. The molecule has 0 N–H and O–H groups in total. The largest absolute Gasteiger partial charge is 0.0760 e. The molecule has 1 rings (SSSR count). The summed E-state index contributed by atoms with van der Waals surface area (Å²) in [5.74, 6) is 0.708. The first-order valence-corrected chi connectivity index (χ1v) is 5.90. The van der Waals surface area contributed by atoms with Gasteiger partial charge in [0.1, 0.15) is 0 Å². The number of benzene rings is 1. The molecule has 0 fully saturated rings. The predicted octanol–water partition coefficient (Wildman–Crippen LogP) is 4.39. The maximum atomic E-state index is 3.39. The van der Waals surface area contributed by atoms with Gasteiger partial charge >= 0.3 is 0 Å². The van der Waals surface area contributed by atoms with E-state index in [1.165, 1.54) is 17.5 Å². The third kappa shape index (κ3) is 4.33. The maximum absolute atomic E-state index is 3.39. The summed E-state index contributed by atoms with van der Waals surface area (Å²) in [5.41, 5.74) is 2.68. The van der Waals surface area contributed by atoms with E-state index in [4.69, 9.17) is 0 Å². The monoisotopic (exact) mass is 201 g/mol. The van der Waals surface area contributed by atoms with Gasteiger partial charge in [0, 0.05) is 0 Å². The Morgan fingerprint density at radius 1 is 1.27 bits per heavy atom. The van der Waals surface area contributed by atoms with Gasteiger partial charge in [0.2, 0.25) is 0 Å². The molecule has 0 heteroatoms. The van der Waals surface area contributed by atoms with Crippen LogP contribution < -0.4 is 0 Å². The van der Waals surface area contributed by atoms with Crippen LogP contribution in [-0.4, -0.2) is 0 Å². The normalized spacial score (nSPS) is 11.5. The molecule has 0 aliphatic carbocycles. The van der Waals surface area contributed by atoms with Crippen molar-refractivity contribution in [3.8, 4) is 0 Å². The summed E-state index contributed by atoms with van der Waals surface area (Å²) in [6.07, 6.45) is 9.00. The molecule has 0 aliphatic heterocycles. The molecule has 0 heterocycles. The molecule has 81 valence electrons. The highest BCUT2D eigenvalue weighted by Gasteiger charge is 2.01. The Morgan fingerprint density at radius 2 is 2.00 bits per heavy atom. The number of allylic oxidation sites excluding steroid dienone is 1. The number of unbranched alkanes of at least 4 members (excludes halogenated alkanes) is 1. The predicted molar refractivity (Wildman–Crippen MR) is 66.8 cm³/mol. The van der Waals surface area contributed by atoms with Gasteiger partial charge in [-0.3, -0.25) is 0 Å².